The highest BCUT2D eigenvalue weighted by Gasteiger charge is 2.28. The van der Waals surface area contributed by atoms with Crippen LogP contribution in [0, 0.1) is 17.2 Å². The van der Waals surface area contributed by atoms with Crippen LogP contribution in [-0.4, -0.2) is 34.7 Å². The molecule has 6 heteroatoms. The molecule has 3 aromatic rings. The molecule has 1 aliphatic heterocycles. The second-order valence-electron chi connectivity index (χ2n) is 7.78. The van der Waals surface area contributed by atoms with Gasteiger partial charge in [0.25, 0.3) is 5.91 Å². The number of carbonyl (C=O) groups excluding carboxylic acids is 2. The highest BCUT2D eigenvalue weighted by molar-refractivity contribution is 5.96. The molecule has 0 saturated carbocycles. The fourth-order valence-corrected chi connectivity index (χ4v) is 3.89. The van der Waals surface area contributed by atoms with E-state index in [-0.39, 0.29) is 17.6 Å². The molecule has 4 rings (SSSR count). The van der Waals surface area contributed by atoms with Crippen molar-refractivity contribution in [2.75, 3.05) is 13.1 Å². The van der Waals surface area contributed by atoms with Gasteiger partial charge in [-0.2, -0.15) is 5.26 Å². The highest BCUT2D eigenvalue weighted by Crippen LogP contribution is 2.24. The summed E-state index contributed by atoms with van der Waals surface area (Å²) in [6, 6.07) is 21.8. The van der Waals surface area contributed by atoms with Gasteiger partial charge in [0.05, 0.1) is 17.2 Å². The lowest BCUT2D eigenvalue weighted by molar-refractivity contribution is -0.123. The van der Waals surface area contributed by atoms with Gasteiger partial charge in [0, 0.05) is 37.7 Å². The van der Waals surface area contributed by atoms with Crippen LogP contribution in [0.4, 0.5) is 0 Å². The zero-order chi connectivity index (χ0) is 22.3. The molecule has 2 heterocycles. The largest absolute Gasteiger partial charge is 0.439 e. The fourth-order valence-electron chi connectivity index (χ4n) is 3.89. The van der Waals surface area contributed by atoms with Gasteiger partial charge in [0.15, 0.2) is 0 Å². The van der Waals surface area contributed by atoms with Crippen LogP contribution in [0.3, 0.4) is 0 Å². The van der Waals surface area contributed by atoms with Gasteiger partial charge in [-0.15, -0.1) is 0 Å². The van der Waals surface area contributed by atoms with Crippen LogP contribution in [0.5, 0.6) is 11.6 Å². The number of likely N-dealkylation sites (tertiary alicyclic amines) is 1. The maximum Gasteiger partial charge on any atom is 0.255 e. The first-order valence-corrected chi connectivity index (χ1v) is 10.6. The second-order valence-corrected chi connectivity index (χ2v) is 7.78. The topological polar surface area (TPSA) is 83.3 Å². The molecule has 32 heavy (non-hydrogen) atoms. The van der Waals surface area contributed by atoms with Crippen molar-refractivity contribution in [2.45, 2.75) is 19.3 Å². The predicted octanol–water partition coefficient (Wildman–Crippen LogP) is 4.41. The third-order valence-electron chi connectivity index (χ3n) is 5.68. The van der Waals surface area contributed by atoms with Gasteiger partial charge in [-0.25, -0.2) is 4.98 Å². The molecule has 1 fully saturated rings. The number of ketones is 1. The number of nitrogens with zero attached hydrogens (tertiary/aromatic N) is 3. The van der Waals surface area contributed by atoms with Crippen molar-refractivity contribution in [1.29, 1.82) is 5.26 Å². The van der Waals surface area contributed by atoms with E-state index < -0.39 is 0 Å². The monoisotopic (exact) mass is 425 g/mol. The molecule has 160 valence electrons. The number of ether oxygens (including phenoxy) is 1. The molecule has 1 amide bonds. The van der Waals surface area contributed by atoms with E-state index in [1.165, 1.54) is 0 Å². The maximum absolute atomic E-state index is 12.8. The lowest BCUT2D eigenvalue weighted by atomic mass is 9.89. The summed E-state index contributed by atoms with van der Waals surface area (Å²) in [5.41, 5.74) is 1.74. The molecule has 0 spiro atoms. The van der Waals surface area contributed by atoms with E-state index in [1.807, 2.05) is 36.4 Å². The minimum Gasteiger partial charge on any atom is -0.439 e. The Morgan fingerprint density at radius 2 is 1.72 bits per heavy atom. The third kappa shape index (κ3) is 5.01. The summed E-state index contributed by atoms with van der Waals surface area (Å²) in [5.74, 6) is 1.18. The SMILES string of the molecule is N#Cc1ccccc1C(=O)N1CCC(C(=O)Cc2ccc(Oc3ccccn3)cc2)CC1. The summed E-state index contributed by atoms with van der Waals surface area (Å²) in [6.07, 6.45) is 3.31. The van der Waals surface area contributed by atoms with E-state index in [0.29, 0.717) is 55.1 Å². The number of piperidine rings is 1. The quantitative estimate of drug-likeness (QED) is 0.584. The predicted molar refractivity (Wildman–Crippen MR) is 119 cm³/mol. The number of hydrogen-bond donors (Lipinski definition) is 0. The molecule has 2 aromatic carbocycles. The Labute approximate surface area is 187 Å². The molecule has 1 aromatic heterocycles. The van der Waals surface area contributed by atoms with Crippen LogP contribution >= 0.6 is 0 Å². The normalized spacial score (nSPS) is 13.9. The van der Waals surface area contributed by atoms with Gasteiger partial charge < -0.3 is 9.64 Å². The number of pyridine rings is 1. The lowest BCUT2D eigenvalue weighted by Crippen LogP contribution is -2.40. The van der Waals surface area contributed by atoms with Gasteiger partial charge >= 0.3 is 0 Å². The number of amides is 1. The van der Waals surface area contributed by atoms with Gasteiger partial charge in [0.1, 0.15) is 11.5 Å². The van der Waals surface area contributed by atoms with Crippen LogP contribution in [0.25, 0.3) is 0 Å². The number of benzene rings is 2. The van der Waals surface area contributed by atoms with Crippen LogP contribution < -0.4 is 4.74 Å². The molecule has 1 saturated heterocycles. The molecule has 0 N–H and O–H groups in total. The summed E-state index contributed by atoms with van der Waals surface area (Å²) < 4.78 is 5.69. The molecular formula is C26H23N3O3. The van der Waals surface area contributed by atoms with E-state index in [1.54, 1.807) is 41.4 Å². The minimum atomic E-state index is -0.142. The first-order chi connectivity index (χ1) is 15.6. The molecule has 0 atom stereocenters. The summed E-state index contributed by atoms with van der Waals surface area (Å²) in [6.45, 7) is 1.04. The Balaban J connectivity index is 1.30. The van der Waals surface area contributed by atoms with E-state index in [0.717, 1.165) is 5.56 Å². The van der Waals surface area contributed by atoms with Crippen molar-refractivity contribution in [3.8, 4) is 17.7 Å². The molecule has 0 bridgehead atoms. The highest BCUT2D eigenvalue weighted by atomic mass is 16.5. The van der Waals surface area contributed by atoms with E-state index in [4.69, 9.17) is 4.74 Å². The molecular weight excluding hydrogens is 402 g/mol. The third-order valence-corrected chi connectivity index (χ3v) is 5.68. The average Bonchev–Trinajstić information content (AvgIpc) is 2.85. The van der Waals surface area contributed by atoms with Gasteiger partial charge in [-0.05, 0) is 48.7 Å². The van der Waals surface area contributed by atoms with Crippen LogP contribution in [0.2, 0.25) is 0 Å². The van der Waals surface area contributed by atoms with Crippen molar-refractivity contribution >= 4 is 11.7 Å². The zero-order valence-electron chi connectivity index (χ0n) is 17.6. The first kappa shape index (κ1) is 21.3. The summed E-state index contributed by atoms with van der Waals surface area (Å²) in [4.78, 5) is 31.5. The van der Waals surface area contributed by atoms with Crippen molar-refractivity contribution in [1.82, 2.24) is 9.88 Å². The van der Waals surface area contributed by atoms with Crippen molar-refractivity contribution < 1.29 is 14.3 Å². The van der Waals surface area contributed by atoms with E-state index >= 15 is 0 Å². The van der Waals surface area contributed by atoms with Crippen LogP contribution in [0.1, 0.15) is 34.3 Å². The van der Waals surface area contributed by atoms with Gasteiger partial charge in [-0.3, -0.25) is 9.59 Å². The number of rotatable bonds is 6. The summed E-state index contributed by atoms with van der Waals surface area (Å²) >= 11 is 0. The summed E-state index contributed by atoms with van der Waals surface area (Å²) in [5, 5.41) is 9.24. The molecule has 0 unspecified atom stereocenters. The Morgan fingerprint density at radius 3 is 2.41 bits per heavy atom. The number of carbonyl (C=O) groups is 2. The van der Waals surface area contributed by atoms with Crippen LogP contribution in [-0.2, 0) is 11.2 Å². The number of hydrogen-bond acceptors (Lipinski definition) is 5. The average molecular weight is 425 g/mol. The molecule has 6 nitrogen and oxygen atoms in total. The first-order valence-electron chi connectivity index (χ1n) is 10.6. The molecule has 0 aliphatic carbocycles. The Morgan fingerprint density at radius 1 is 1.00 bits per heavy atom. The minimum absolute atomic E-state index is 0.0605. The number of nitriles is 1. The van der Waals surface area contributed by atoms with Gasteiger partial charge in [-0.1, -0.05) is 30.3 Å². The number of Topliss-reactive ketones (excluding diaryl/α,β-unsaturated/α-hetero) is 1. The zero-order valence-corrected chi connectivity index (χ0v) is 17.6. The van der Waals surface area contributed by atoms with Crippen LogP contribution in [0.15, 0.2) is 72.9 Å². The fraction of sp³-hybridized carbons (Fsp3) is 0.231. The van der Waals surface area contributed by atoms with Crippen molar-refractivity contribution in [3.63, 3.8) is 0 Å². The summed E-state index contributed by atoms with van der Waals surface area (Å²) in [7, 11) is 0. The van der Waals surface area contributed by atoms with Gasteiger partial charge in [0.2, 0.25) is 5.88 Å². The Kier molecular flexibility index (Phi) is 6.57. The maximum atomic E-state index is 12.8. The van der Waals surface area contributed by atoms with E-state index in [2.05, 4.69) is 11.1 Å². The smallest absolute Gasteiger partial charge is 0.255 e. The van der Waals surface area contributed by atoms with E-state index in [9.17, 15) is 14.9 Å². The molecule has 1 aliphatic rings. The second kappa shape index (κ2) is 9.88. The lowest BCUT2D eigenvalue weighted by Gasteiger charge is -2.31. The van der Waals surface area contributed by atoms with Crippen molar-refractivity contribution in [3.05, 3.63) is 89.6 Å². The molecule has 0 radical (unpaired) electrons. The van der Waals surface area contributed by atoms with Crippen molar-refractivity contribution in [2.24, 2.45) is 5.92 Å². The Hall–Kier alpha value is -3.98. The number of aromatic nitrogens is 1. The standard InChI is InChI=1S/C26H23N3O3/c27-18-21-5-1-2-6-23(21)26(31)29-15-12-20(13-16-29)24(30)17-19-8-10-22(11-9-19)32-25-7-3-4-14-28-25/h1-11,14,20H,12-13,15-17H2. The Bertz CT molecular complexity index is 1130.